The molecule has 1 N–H and O–H groups in total. The number of esters is 1. The summed E-state index contributed by atoms with van der Waals surface area (Å²) < 4.78 is 22.6. The summed E-state index contributed by atoms with van der Waals surface area (Å²) in [5.41, 5.74) is -0.116. The van der Waals surface area contributed by atoms with Crippen molar-refractivity contribution in [1.29, 1.82) is 0 Å². The first kappa shape index (κ1) is 34.2. The third-order valence-corrected chi connectivity index (χ3v) is 8.31. The molecule has 4 aliphatic rings. The number of imide groups is 1. The van der Waals surface area contributed by atoms with Gasteiger partial charge in [-0.05, 0) is 51.7 Å². The number of rotatable bonds is 11. The van der Waals surface area contributed by atoms with Crippen molar-refractivity contribution in [3.63, 3.8) is 0 Å². The quantitative estimate of drug-likeness (QED) is 0.117. The summed E-state index contributed by atoms with van der Waals surface area (Å²) in [6.45, 7) is 9.11. The minimum absolute atomic E-state index is 0.000675. The number of carbonyl (C=O) groups is 6. The molecule has 0 aromatic rings. The largest absolute Gasteiger partial charge is 0.459 e. The van der Waals surface area contributed by atoms with Gasteiger partial charge in [0.15, 0.2) is 11.4 Å². The zero-order valence-electron chi connectivity index (χ0n) is 26.3. The predicted molar refractivity (Wildman–Crippen MR) is 157 cm³/mol. The van der Waals surface area contributed by atoms with Gasteiger partial charge in [0.05, 0.1) is 37.4 Å². The normalized spacial score (nSPS) is 32.8. The van der Waals surface area contributed by atoms with E-state index in [9.17, 15) is 28.8 Å². The number of hydrogen-bond acceptors (Lipinski definition) is 11. The van der Waals surface area contributed by atoms with Gasteiger partial charge >= 0.3 is 11.9 Å². The number of Topliss-reactive ketones (excluding diaryl/α,β-unsaturated/α-hetero) is 1. The smallest absolute Gasteiger partial charge is 0.335 e. The van der Waals surface area contributed by atoms with E-state index >= 15 is 0 Å². The highest BCUT2D eigenvalue weighted by Crippen LogP contribution is 2.41. The zero-order chi connectivity index (χ0) is 32.9. The Morgan fingerprint density at radius 3 is 2.42 bits per heavy atom. The Hall–Kier alpha value is -3.68. The van der Waals surface area contributed by atoms with Gasteiger partial charge < -0.3 is 29.1 Å². The van der Waals surface area contributed by atoms with Crippen LogP contribution in [0.15, 0.2) is 36.0 Å². The predicted octanol–water partition coefficient (Wildman–Crippen LogP) is 2.18. The summed E-state index contributed by atoms with van der Waals surface area (Å²) in [5.74, 6) is -2.69. The maximum atomic E-state index is 13.0. The minimum Gasteiger partial charge on any atom is -0.459 e. The van der Waals surface area contributed by atoms with Crippen LogP contribution in [0, 0.1) is 5.92 Å². The van der Waals surface area contributed by atoms with Crippen LogP contribution in [0.2, 0.25) is 0 Å². The molecule has 4 saturated heterocycles. The molecule has 246 valence electrons. The molecule has 3 amide bonds. The lowest BCUT2D eigenvalue weighted by Gasteiger charge is -2.39. The number of hydroxylamine groups is 2. The zero-order valence-corrected chi connectivity index (χ0v) is 26.3. The molecule has 4 fully saturated rings. The van der Waals surface area contributed by atoms with Crippen molar-refractivity contribution in [2.75, 3.05) is 6.61 Å². The van der Waals surface area contributed by atoms with Crippen LogP contribution in [-0.2, 0) is 52.6 Å². The molecule has 4 heterocycles. The summed E-state index contributed by atoms with van der Waals surface area (Å²) in [6, 6.07) is -0.171. The van der Waals surface area contributed by atoms with Crippen molar-refractivity contribution >= 4 is 35.4 Å². The second-order valence-electron chi connectivity index (χ2n) is 12.2. The molecule has 0 bridgehead atoms. The third kappa shape index (κ3) is 9.18. The number of nitrogens with zero attached hydrogens (tertiary/aromatic N) is 1. The lowest BCUT2D eigenvalue weighted by Crippen LogP contribution is -2.50. The molecule has 1 spiro atoms. The third-order valence-electron chi connectivity index (χ3n) is 8.31. The fourth-order valence-corrected chi connectivity index (χ4v) is 5.70. The van der Waals surface area contributed by atoms with E-state index in [1.807, 2.05) is 19.9 Å². The molecule has 0 radical (unpaired) electrons. The van der Waals surface area contributed by atoms with Crippen LogP contribution in [0.4, 0.5) is 0 Å². The van der Waals surface area contributed by atoms with Gasteiger partial charge in [-0.3, -0.25) is 24.0 Å². The molecule has 8 atom stereocenters. The van der Waals surface area contributed by atoms with E-state index in [-0.39, 0.29) is 68.1 Å². The number of hydrogen-bond donors (Lipinski definition) is 1. The average molecular weight is 631 g/mol. The van der Waals surface area contributed by atoms with Crippen molar-refractivity contribution in [3.05, 3.63) is 36.0 Å². The monoisotopic (exact) mass is 630 g/mol. The van der Waals surface area contributed by atoms with Crippen LogP contribution >= 0.6 is 0 Å². The molecule has 0 unspecified atom stereocenters. The van der Waals surface area contributed by atoms with Gasteiger partial charge in [0.25, 0.3) is 11.8 Å². The Balaban J connectivity index is 1.27. The Labute approximate surface area is 262 Å². The molecule has 0 saturated carbocycles. The van der Waals surface area contributed by atoms with Gasteiger partial charge in [-0.25, -0.2) is 4.79 Å². The van der Waals surface area contributed by atoms with Crippen molar-refractivity contribution in [2.45, 2.75) is 115 Å². The molecule has 0 aromatic carbocycles. The van der Waals surface area contributed by atoms with Gasteiger partial charge in [-0.1, -0.05) is 24.6 Å². The lowest BCUT2D eigenvalue weighted by atomic mass is 9.87. The first-order chi connectivity index (χ1) is 21.3. The average Bonchev–Trinajstić information content (AvgIpc) is 3.67. The molecule has 13 heteroatoms. The van der Waals surface area contributed by atoms with E-state index in [1.54, 1.807) is 19.1 Å². The number of nitrogens with one attached hydrogen (secondary N) is 1. The van der Waals surface area contributed by atoms with Crippen molar-refractivity contribution in [3.8, 4) is 0 Å². The lowest BCUT2D eigenvalue weighted by molar-refractivity contribution is -0.200. The highest BCUT2D eigenvalue weighted by Gasteiger charge is 2.58. The van der Waals surface area contributed by atoms with Crippen LogP contribution in [0.1, 0.15) is 73.1 Å². The summed E-state index contributed by atoms with van der Waals surface area (Å²) >= 11 is 0. The van der Waals surface area contributed by atoms with Gasteiger partial charge in [0.1, 0.15) is 12.2 Å². The van der Waals surface area contributed by atoms with Gasteiger partial charge in [-0.15, -0.1) is 5.06 Å². The first-order valence-electron chi connectivity index (χ1n) is 15.3. The Bertz CT molecular complexity index is 1270. The molecule has 4 rings (SSSR count). The maximum absolute atomic E-state index is 13.0. The Kier molecular flexibility index (Phi) is 11.1. The molecule has 0 aromatic heterocycles. The van der Waals surface area contributed by atoms with E-state index in [0.29, 0.717) is 11.5 Å². The van der Waals surface area contributed by atoms with Crippen LogP contribution in [0.5, 0.6) is 0 Å². The second-order valence-corrected chi connectivity index (χ2v) is 12.2. The van der Waals surface area contributed by atoms with Gasteiger partial charge in [-0.2, -0.15) is 0 Å². The van der Waals surface area contributed by atoms with Crippen LogP contribution < -0.4 is 5.32 Å². The maximum Gasteiger partial charge on any atom is 0.335 e. The number of ether oxygens (including phenoxy) is 4. The van der Waals surface area contributed by atoms with Crippen molar-refractivity contribution in [2.24, 2.45) is 5.92 Å². The fourth-order valence-electron chi connectivity index (χ4n) is 5.70. The highest BCUT2D eigenvalue weighted by molar-refractivity contribution is 6.01. The van der Waals surface area contributed by atoms with E-state index in [2.05, 4.69) is 12.2 Å². The number of epoxide rings is 1. The summed E-state index contributed by atoms with van der Waals surface area (Å²) in [6.07, 6.45) is 7.19. The molecular weight excluding hydrogens is 588 g/mol. The molecule has 4 aliphatic heterocycles. The van der Waals surface area contributed by atoms with Crippen molar-refractivity contribution in [1.82, 2.24) is 10.4 Å². The molecule has 13 nitrogen and oxygen atoms in total. The van der Waals surface area contributed by atoms with Crippen LogP contribution in [0.25, 0.3) is 0 Å². The van der Waals surface area contributed by atoms with E-state index in [1.165, 1.54) is 19.1 Å². The minimum atomic E-state index is -1.00. The summed E-state index contributed by atoms with van der Waals surface area (Å²) in [5, 5.41) is 3.46. The van der Waals surface area contributed by atoms with E-state index in [0.717, 1.165) is 12.0 Å². The van der Waals surface area contributed by atoms with E-state index < -0.39 is 47.7 Å². The number of carbonyl (C=O) groups excluding carboxylic acids is 6. The highest BCUT2D eigenvalue weighted by atomic mass is 16.7. The molecule has 45 heavy (non-hydrogen) atoms. The second kappa shape index (κ2) is 14.6. The standard InChI is InChI=1S/C32H42N2O11/c1-18(6-9-25-19(2)14-24(21(4)43-25)33-27(36)11-8-20(3)42-22(5)35)7-10-26-31(40)32(17-41-32)16-23(44-26)15-30(39)45-34-28(37)12-13-29(34)38/h6-8,10-11,19-21,23-26H,9,12-17H2,1-5H3,(H,33,36)/b10-7+,11-8-,18-6+/t19-,20-,21+,23+,24+,25-,26+,32+/m0/s1. The number of ketones is 1. The number of allylic oxidation sites excluding steroid dienone is 2. The SMILES string of the molecule is CC(=O)O[C@@H](C)/C=C\C(=O)N[C@@H]1C[C@H](C)[C@H](C/C=C(C)/C=C/[C@H]2O[C@H](CC(=O)ON3C(=O)CCC3=O)C[C@@]3(CO3)C2=O)O[C@@H]1C. The topological polar surface area (TPSA) is 167 Å². The van der Waals surface area contributed by atoms with E-state index in [4.69, 9.17) is 23.8 Å². The van der Waals surface area contributed by atoms with Gasteiger partial charge in [0, 0.05) is 32.3 Å². The molecular formula is C32H42N2O11. The number of amides is 3. The summed E-state index contributed by atoms with van der Waals surface area (Å²) in [7, 11) is 0. The Morgan fingerprint density at radius 2 is 1.78 bits per heavy atom. The molecule has 0 aliphatic carbocycles. The first-order valence-corrected chi connectivity index (χ1v) is 15.3. The van der Waals surface area contributed by atoms with Crippen LogP contribution in [-0.4, -0.2) is 89.3 Å². The fraction of sp³-hybridized carbons (Fsp3) is 0.625. The van der Waals surface area contributed by atoms with Gasteiger partial charge in [0.2, 0.25) is 5.91 Å². The Morgan fingerprint density at radius 1 is 1.09 bits per heavy atom. The van der Waals surface area contributed by atoms with Crippen molar-refractivity contribution < 1.29 is 52.6 Å². The summed E-state index contributed by atoms with van der Waals surface area (Å²) in [4.78, 5) is 77.3. The van der Waals surface area contributed by atoms with Crippen LogP contribution in [0.3, 0.4) is 0 Å².